The minimum absolute atomic E-state index is 0.661. The fraction of sp³-hybridized carbons (Fsp3) is 0.375. The number of nitrogens with zero attached hydrogens (tertiary/aromatic N) is 1. The Kier molecular flexibility index (Phi) is 3.13. The van der Waals surface area contributed by atoms with Crippen LogP contribution >= 0.6 is 0 Å². The third-order valence-electron chi connectivity index (χ3n) is 1.80. The Balaban J connectivity index is 3.25. The number of halogens is 6. The van der Waals surface area contributed by atoms with Crippen molar-refractivity contribution in [1.82, 2.24) is 4.98 Å². The Morgan fingerprint density at radius 3 is 2.12 bits per heavy atom. The van der Waals surface area contributed by atoms with Gasteiger partial charge >= 0.3 is 12.4 Å². The van der Waals surface area contributed by atoms with E-state index in [2.05, 4.69) is 4.98 Å². The predicted octanol–water partition coefficient (Wildman–Crippen LogP) is 2.66. The Labute approximate surface area is 86.1 Å². The number of rotatable bonds is 1. The highest BCUT2D eigenvalue weighted by atomic mass is 19.4. The van der Waals surface area contributed by atoms with Crippen LogP contribution in [0.4, 0.5) is 26.3 Å². The van der Waals surface area contributed by atoms with Gasteiger partial charge in [-0.1, -0.05) is 6.07 Å². The summed E-state index contributed by atoms with van der Waals surface area (Å²) in [5.41, 5.74) is 2.01. The van der Waals surface area contributed by atoms with Crippen molar-refractivity contribution in [2.45, 2.75) is 18.4 Å². The van der Waals surface area contributed by atoms with Gasteiger partial charge in [-0.25, -0.2) is 0 Å². The first kappa shape index (κ1) is 12.8. The van der Waals surface area contributed by atoms with Gasteiger partial charge in [0.2, 0.25) is 0 Å². The zero-order valence-corrected chi connectivity index (χ0v) is 7.60. The third-order valence-corrected chi connectivity index (χ3v) is 1.80. The van der Waals surface area contributed by atoms with E-state index in [0.717, 1.165) is 12.3 Å². The van der Waals surface area contributed by atoms with Gasteiger partial charge in [0.05, 0.1) is 0 Å². The standard InChI is InChI=1S/C8H6F6N2/c9-7(10,11)5(15)4-2-1-3-16-6(4)8(12,13)14/h1-3,5H,15H2. The Morgan fingerprint density at radius 1 is 1.12 bits per heavy atom. The SMILES string of the molecule is NC(c1cccnc1C(F)(F)F)C(F)(F)F. The fourth-order valence-electron chi connectivity index (χ4n) is 1.08. The van der Waals surface area contributed by atoms with Crippen LogP contribution in [0.25, 0.3) is 0 Å². The number of pyridine rings is 1. The highest BCUT2D eigenvalue weighted by Crippen LogP contribution is 2.37. The van der Waals surface area contributed by atoms with E-state index in [-0.39, 0.29) is 0 Å². The second-order valence-corrected chi connectivity index (χ2v) is 2.96. The van der Waals surface area contributed by atoms with Crippen LogP contribution < -0.4 is 5.73 Å². The monoisotopic (exact) mass is 244 g/mol. The molecule has 8 heteroatoms. The van der Waals surface area contributed by atoms with E-state index in [1.54, 1.807) is 0 Å². The first-order valence-electron chi connectivity index (χ1n) is 3.98. The Hall–Kier alpha value is -1.31. The van der Waals surface area contributed by atoms with Gasteiger partial charge in [-0.2, -0.15) is 26.3 Å². The van der Waals surface area contributed by atoms with E-state index in [0.29, 0.717) is 6.07 Å². The van der Waals surface area contributed by atoms with Crippen LogP contribution in [0.15, 0.2) is 18.3 Å². The molecule has 0 spiro atoms. The molecule has 0 amide bonds. The second kappa shape index (κ2) is 3.93. The second-order valence-electron chi connectivity index (χ2n) is 2.96. The lowest BCUT2D eigenvalue weighted by Gasteiger charge is -2.19. The van der Waals surface area contributed by atoms with Crippen molar-refractivity contribution in [2.75, 3.05) is 0 Å². The van der Waals surface area contributed by atoms with Gasteiger partial charge < -0.3 is 5.73 Å². The van der Waals surface area contributed by atoms with Crippen LogP contribution in [0.5, 0.6) is 0 Å². The van der Waals surface area contributed by atoms with Crippen molar-refractivity contribution >= 4 is 0 Å². The first-order chi connectivity index (χ1) is 7.14. The molecule has 0 radical (unpaired) electrons. The molecule has 0 fully saturated rings. The van der Waals surface area contributed by atoms with E-state index in [9.17, 15) is 26.3 Å². The van der Waals surface area contributed by atoms with Crippen molar-refractivity contribution < 1.29 is 26.3 Å². The molecular weight excluding hydrogens is 238 g/mol. The van der Waals surface area contributed by atoms with Crippen molar-refractivity contribution in [3.63, 3.8) is 0 Å². The van der Waals surface area contributed by atoms with Gasteiger partial charge in [0.25, 0.3) is 0 Å². The number of alkyl halides is 6. The summed E-state index contributed by atoms with van der Waals surface area (Å²) in [7, 11) is 0. The summed E-state index contributed by atoms with van der Waals surface area (Å²) in [4.78, 5) is 2.88. The molecule has 0 aromatic carbocycles. The lowest BCUT2D eigenvalue weighted by molar-refractivity contribution is -0.157. The van der Waals surface area contributed by atoms with Gasteiger partial charge in [-0.15, -0.1) is 0 Å². The molecule has 1 unspecified atom stereocenters. The molecule has 90 valence electrons. The quantitative estimate of drug-likeness (QED) is 0.771. The average molecular weight is 244 g/mol. The molecule has 1 aromatic heterocycles. The number of aromatic nitrogens is 1. The molecule has 2 N–H and O–H groups in total. The molecule has 2 nitrogen and oxygen atoms in total. The molecule has 0 aliphatic heterocycles. The molecule has 1 heterocycles. The van der Waals surface area contributed by atoms with Crippen LogP contribution in [0, 0.1) is 0 Å². The molecule has 0 saturated heterocycles. The zero-order valence-electron chi connectivity index (χ0n) is 7.60. The minimum atomic E-state index is -4.96. The van der Waals surface area contributed by atoms with Gasteiger partial charge in [0, 0.05) is 11.8 Å². The van der Waals surface area contributed by atoms with E-state index in [1.807, 2.05) is 0 Å². The molecule has 0 bridgehead atoms. The third kappa shape index (κ3) is 2.63. The molecule has 1 atom stereocenters. The van der Waals surface area contributed by atoms with Crippen LogP contribution in [0.3, 0.4) is 0 Å². The first-order valence-corrected chi connectivity index (χ1v) is 3.98. The van der Waals surface area contributed by atoms with E-state index < -0.39 is 29.7 Å². The summed E-state index contributed by atoms with van der Waals surface area (Å²) < 4.78 is 73.5. The highest BCUT2D eigenvalue weighted by Gasteiger charge is 2.44. The van der Waals surface area contributed by atoms with Gasteiger partial charge in [-0.3, -0.25) is 4.98 Å². The van der Waals surface area contributed by atoms with E-state index >= 15 is 0 Å². The van der Waals surface area contributed by atoms with Crippen molar-refractivity contribution in [3.8, 4) is 0 Å². The van der Waals surface area contributed by atoms with Crippen LogP contribution in [0.2, 0.25) is 0 Å². The normalized spacial score (nSPS) is 14.9. The summed E-state index contributed by atoms with van der Waals surface area (Å²) in [6, 6.07) is -1.07. The zero-order chi connectivity index (χ0) is 12.6. The largest absolute Gasteiger partial charge is 0.433 e. The molecule has 0 saturated carbocycles. The topological polar surface area (TPSA) is 38.9 Å². The molecule has 0 aliphatic rings. The summed E-state index contributed by atoms with van der Waals surface area (Å²) >= 11 is 0. The van der Waals surface area contributed by atoms with Crippen molar-refractivity contribution in [3.05, 3.63) is 29.6 Å². The Morgan fingerprint density at radius 2 is 1.69 bits per heavy atom. The molecule has 1 rings (SSSR count). The summed E-state index contributed by atoms with van der Waals surface area (Å²) in [5.74, 6) is 0. The van der Waals surface area contributed by atoms with Crippen LogP contribution in [-0.4, -0.2) is 11.2 Å². The fourth-order valence-corrected chi connectivity index (χ4v) is 1.08. The van der Waals surface area contributed by atoms with Crippen molar-refractivity contribution in [2.24, 2.45) is 5.73 Å². The summed E-state index contributed by atoms with van der Waals surface area (Å²) in [5, 5.41) is 0. The Bertz CT molecular complexity index is 370. The predicted molar refractivity (Wildman–Crippen MR) is 42.2 cm³/mol. The maximum atomic E-state index is 12.3. The molecule has 0 aliphatic carbocycles. The van der Waals surface area contributed by atoms with Gasteiger partial charge in [0.1, 0.15) is 11.7 Å². The number of hydrogen-bond donors (Lipinski definition) is 1. The lowest BCUT2D eigenvalue weighted by Crippen LogP contribution is -2.31. The average Bonchev–Trinajstić information content (AvgIpc) is 2.14. The number of hydrogen-bond acceptors (Lipinski definition) is 2. The minimum Gasteiger partial charge on any atom is -0.316 e. The van der Waals surface area contributed by atoms with Crippen LogP contribution in [0.1, 0.15) is 17.3 Å². The van der Waals surface area contributed by atoms with E-state index in [1.165, 1.54) is 0 Å². The molecule has 16 heavy (non-hydrogen) atoms. The van der Waals surface area contributed by atoms with E-state index in [4.69, 9.17) is 5.73 Å². The summed E-state index contributed by atoms with van der Waals surface area (Å²) in [6.07, 6.45) is -9.14. The van der Waals surface area contributed by atoms with Gasteiger partial charge in [-0.05, 0) is 6.07 Å². The highest BCUT2D eigenvalue weighted by molar-refractivity contribution is 5.26. The maximum absolute atomic E-state index is 12.3. The molecular formula is C8H6F6N2. The maximum Gasteiger partial charge on any atom is 0.433 e. The van der Waals surface area contributed by atoms with Crippen LogP contribution in [-0.2, 0) is 6.18 Å². The summed E-state index contributed by atoms with van der Waals surface area (Å²) in [6.45, 7) is 0. The number of nitrogens with two attached hydrogens (primary N) is 1. The lowest BCUT2D eigenvalue weighted by atomic mass is 10.1. The smallest absolute Gasteiger partial charge is 0.316 e. The van der Waals surface area contributed by atoms with Gasteiger partial charge in [0.15, 0.2) is 0 Å². The molecule has 1 aromatic rings. The van der Waals surface area contributed by atoms with Crippen molar-refractivity contribution in [1.29, 1.82) is 0 Å².